The molecule has 0 saturated carbocycles. The number of aliphatic hydroxyl groups is 18. The highest BCUT2D eigenvalue weighted by Gasteiger charge is 2.58. The zero-order valence-corrected chi connectivity index (χ0v) is 69.5. The molecule has 0 aliphatic carbocycles. The average molecular weight is 1700 g/mol. The van der Waals surface area contributed by atoms with Crippen molar-refractivity contribution in [2.45, 2.75) is 429 Å². The highest BCUT2D eigenvalue weighted by Crippen LogP contribution is 2.37. The number of hydrogen-bond donors (Lipinski definition) is 21. The van der Waals surface area contributed by atoms with Crippen molar-refractivity contribution >= 4 is 17.7 Å². The number of carbonyl (C=O) groups is 3. The molecular formula is C82H147N3O33. The van der Waals surface area contributed by atoms with Crippen LogP contribution in [0.1, 0.15) is 233 Å². The molecular weight excluding hydrogens is 1550 g/mol. The first-order valence-corrected chi connectivity index (χ1v) is 43.6. The van der Waals surface area contributed by atoms with Gasteiger partial charge in [0.25, 0.3) is 0 Å². The summed E-state index contributed by atoms with van der Waals surface area (Å²) in [6, 6.07) is -4.39. The highest BCUT2D eigenvalue weighted by atomic mass is 16.8. The smallest absolute Gasteiger partial charge is 0.220 e. The third kappa shape index (κ3) is 32.9. The number of rotatable bonds is 57. The van der Waals surface area contributed by atoms with Gasteiger partial charge in [-0.3, -0.25) is 14.4 Å². The van der Waals surface area contributed by atoms with Gasteiger partial charge >= 0.3 is 0 Å². The Bertz CT molecular complexity index is 2750. The third-order valence-electron chi connectivity index (χ3n) is 22.9. The van der Waals surface area contributed by atoms with Crippen LogP contribution in [0.2, 0.25) is 0 Å². The summed E-state index contributed by atoms with van der Waals surface area (Å²) < 4.78 is 71.1. The number of amides is 3. The number of nitrogens with one attached hydrogen (secondary N) is 3. The van der Waals surface area contributed by atoms with Gasteiger partial charge < -0.3 is 165 Å². The van der Waals surface area contributed by atoms with Gasteiger partial charge in [0.2, 0.25) is 17.7 Å². The van der Waals surface area contributed by atoms with Gasteiger partial charge in [0.15, 0.2) is 37.7 Å². The summed E-state index contributed by atoms with van der Waals surface area (Å²) in [7, 11) is 0. The van der Waals surface area contributed by atoms with Crippen LogP contribution < -0.4 is 16.0 Å². The Morgan fingerprint density at radius 1 is 0.339 bits per heavy atom. The van der Waals surface area contributed by atoms with Crippen LogP contribution in [0.25, 0.3) is 0 Å². The first-order valence-electron chi connectivity index (χ1n) is 43.6. The monoisotopic (exact) mass is 1700 g/mol. The number of hydrogen-bond acceptors (Lipinski definition) is 33. The summed E-state index contributed by atoms with van der Waals surface area (Å²) in [4.78, 5) is 38.7. The molecule has 6 rings (SSSR count). The minimum atomic E-state index is -2.25. The zero-order chi connectivity index (χ0) is 86.2. The van der Waals surface area contributed by atoms with Crippen molar-refractivity contribution in [1.29, 1.82) is 0 Å². The SMILES string of the molecule is CCCCCCCC/C=C\CCCCCCCCCCCCCC(=O)N[C@@H](CO[C@@H]1OC(CO)[C@@H](O[C@@H]2OC(CO[C@@H]3OC(CO)[C@@H](O[C@@H]4OC(CO)[C@H](O[C@@H]5OC(CO)[C@H](O)[C@H](O)C5NC(C)=O)[C@H](O)C4O)[C@H](O)C3NC(C)=O)[C@H](O)[C@H](O[C@H]3OC(CO)[C@H](O)[C@H](O)C3O)C2O)[C@H](O)C1O)[C@H](O)/C=C/CCCCCCCCCCCCC. The number of aliphatic hydroxyl groups excluding tert-OH is 18. The van der Waals surface area contributed by atoms with Gasteiger partial charge in [-0.25, -0.2) is 0 Å². The van der Waals surface area contributed by atoms with E-state index in [9.17, 15) is 106 Å². The van der Waals surface area contributed by atoms with Gasteiger partial charge in [0.05, 0.1) is 58.4 Å². The van der Waals surface area contributed by atoms with Crippen LogP contribution in [0.3, 0.4) is 0 Å². The third-order valence-corrected chi connectivity index (χ3v) is 22.9. The lowest BCUT2D eigenvalue weighted by atomic mass is 9.94. The van der Waals surface area contributed by atoms with Crippen LogP contribution in [0, 0.1) is 0 Å². The van der Waals surface area contributed by atoms with Gasteiger partial charge in [0, 0.05) is 20.3 Å². The summed E-state index contributed by atoms with van der Waals surface area (Å²) in [5.41, 5.74) is 0. The predicted octanol–water partition coefficient (Wildman–Crippen LogP) is -0.307. The molecule has 6 fully saturated rings. The van der Waals surface area contributed by atoms with Crippen LogP contribution in [0.15, 0.2) is 24.3 Å². The number of ether oxygens (including phenoxy) is 12. The predicted molar refractivity (Wildman–Crippen MR) is 421 cm³/mol. The summed E-state index contributed by atoms with van der Waals surface area (Å²) in [6.07, 6.45) is -11.3. The second-order valence-electron chi connectivity index (χ2n) is 32.5. The molecule has 36 nitrogen and oxygen atoms in total. The molecule has 6 heterocycles. The van der Waals surface area contributed by atoms with E-state index in [1.807, 2.05) is 6.08 Å². The highest BCUT2D eigenvalue weighted by molar-refractivity contribution is 5.76. The van der Waals surface area contributed by atoms with Crippen LogP contribution in [-0.4, -0.2) is 352 Å². The maximum absolute atomic E-state index is 13.7. The van der Waals surface area contributed by atoms with Crippen molar-refractivity contribution in [3.8, 4) is 0 Å². The Hall–Kier alpha value is -3.31. The van der Waals surface area contributed by atoms with Crippen molar-refractivity contribution in [2.75, 3.05) is 46.2 Å². The Balaban J connectivity index is 1.10. The molecule has 0 aromatic rings. The molecule has 6 saturated heterocycles. The molecule has 0 spiro atoms. The molecule has 6 aliphatic rings. The molecule has 3 amide bonds. The average Bonchev–Trinajstić information content (AvgIpc) is 0.772. The van der Waals surface area contributed by atoms with Crippen LogP contribution in [-0.2, 0) is 71.2 Å². The standard InChI is InChI=1S/C82H147N3O33/c1-5-7-9-11-13-15-17-19-20-21-22-23-24-25-26-28-30-32-34-36-38-40-58(94)85-50(51(93)39-37-35-33-31-29-27-18-16-14-12-10-8-6-2)46-107-79-70(104)67(101)75(55(44-89)112-79)117-82-72(106)76(118-80-69(103)66(100)62(96)53(42-87)110-80)63(97)57(114-82)47-108-77-60(84-49(4)92)65(99)73(54(43-88)111-77)116-81-71(105)68(102)74(56(45-90)113-81)115-78-59(83-48(3)91)64(98)61(95)52(41-86)109-78/h19-20,37,39,50-57,59-82,86-90,93,95-106H,5-18,21-36,38,40-47H2,1-4H3,(H,83,91)(H,84,92)(H,85,94)/b20-19-,39-37+/t50-,51+,52?,53?,54?,55?,56?,57?,59?,60?,61-,62-,63-,64+,65+,66-,67+,68+,69?,70?,71?,72?,73+,74-,75+,76-,77+,78-,79+,80+,81-,82-/m0/s1. The van der Waals surface area contributed by atoms with Crippen molar-refractivity contribution in [2.24, 2.45) is 0 Å². The second kappa shape index (κ2) is 56.6. The topological polar surface area (TPSA) is 562 Å². The van der Waals surface area contributed by atoms with Crippen molar-refractivity contribution < 1.29 is 163 Å². The van der Waals surface area contributed by atoms with E-state index < -0.39 is 254 Å². The van der Waals surface area contributed by atoms with E-state index in [1.165, 1.54) is 122 Å². The van der Waals surface area contributed by atoms with E-state index in [1.54, 1.807) is 6.08 Å². The van der Waals surface area contributed by atoms with Crippen molar-refractivity contribution in [1.82, 2.24) is 16.0 Å². The normalized spacial score (nSPS) is 36.0. The first kappa shape index (κ1) is 103. The van der Waals surface area contributed by atoms with Crippen molar-refractivity contribution in [3.05, 3.63) is 24.3 Å². The molecule has 0 radical (unpaired) electrons. The lowest BCUT2D eigenvalue weighted by Gasteiger charge is -2.49. The molecule has 0 aromatic heterocycles. The Labute approximate surface area is 694 Å². The van der Waals surface area contributed by atoms with E-state index in [2.05, 4.69) is 41.9 Å². The lowest BCUT2D eigenvalue weighted by molar-refractivity contribution is -0.385. The fraction of sp³-hybridized carbons (Fsp3) is 0.915. The molecule has 0 bridgehead atoms. The minimum absolute atomic E-state index is 0.153. The molecule has 118 heavy (non-hydrogen) atoms. The van der Waals surface area contributed by atoms with Gasteiger partial charge in [-0.15, -0.1) is 0 Å². The van der Waals surface area contributed by atoms with E-state index in [0.29, 0.717) is 12.8 Å². The van der Waals surface area contributed by atoms with Crippen molar-refractivity contribution in [3.63, 3.8) is 0 Å². The van der Waals surface area contributed by atoms with Crippen LogP contribution >= 0.6 is 0 Å². The Morgan fingerprint density at radius 2 is 0.686 bits per heavy atom. The second-order valence-corrected chi connectivity index (χ2v) is 32.5. The van der Waals surface area contributed by atoms with E-state index >= 15 is 0 Å². The van der Waals surface area contributed by atoms with E-state index in [4.69, 9.17) is 56.8 Å². The minimum Gasteiger partial charge on any atom is -0.394 e. The van der Waals surface area contributed by atoms with Gasteiger partial charge in [-0.1, -0.05) is 192 Å². The summed E-state index contributed by atoms with van der Waals surface area (Å²) in [5.74, 6) is -1.92. The molecule has 32 atom stereocenters. The summed E-state index contributed by atoms with van der Waals surface area (Å²) in [6.45, 7) is 0.321. The van der Waals surface area contributed by atoms with Gasteiger partial charge in [0.1, 0.15) is 146 Å². The fourth-order valence-electron chi connectivity index (χ4n) is 15.8. The fourth-order valence-corrected chi connectivity index (χ4v) is 15.8. The van der Waals surface area contributed by atoms with Gasteiger partial charge in [-0.2, -0.15) is 0 Å². The first-order chi connectivity index (χ1) is 56.8. The number of allylic oxidation sites excluding steroid dienone is 3. The molecule has 12 unspecified atom stereocenters. The molecule has 688 valence electrons. The molecule has 36 heteroatoms. The van der Waals surface area contributed by atoms with Crippen LogP contribution in [0.4, 0.5) is 0 Å². The maximum Gasteiger partial charge on any atom is 0.220 e. The maximum atomic E-state index is 13.7. The largest absolute Gasteiger partial charge is 0.394 e. The Morgan fingerprint density at radius 3 is 1.15 bits per heavy atom. The summed E-state index contributed by atoms with van der Waals surface area (Å²) >= 11 is 0. The number of unbranched alkanes of at least 4 members (excludes halogenated alkanes) is 28. The summed E-state index contributed by atoms with van der Waals surface area (Å²) in [5, 5.41) is 208. The lowest BCUT2D eigenvalue weighted by Crippen LogP contribution is -2.69. The van der Waals surface area contributed by atoms with Crippen LogP contribution in [0.5, 0.6) is 0 Å². The van der Waals surface area contributed by atoms with Gasteiger partial charge in [-0.05, 0) is 44.9 Å². The Kier molecular flexibility index (Phi) is 49.6. The molecule has 0 aromatic carbocycles. The molecule has 21 N–H and O–H groups in total. The number of carbonyl (C=O) groups excluding carboxylic acids is 3. The molecule has 6 aliphatic heterocycles. The van der Waals surface area contributed by atoms with E-state index in [0.717, 1.165) is 78.1 Å². The van der Waals surface area contributed by atoms with E-state index in [-0.39, 0.29) is 12.3 Å². The zero-order valence-electron chi connectivity index (χ0n) is 69.5. The quantitative estimate of drug-likeness (QED) is 0.0274.